The molecule has 0 bridgehead atoms. The topological polar surface area (TPSA) is 75.7 Å². The highest BCUT2D eigenvalue weighted by atomic mass is 16.5. The number of ether oxygens (including phenoxy) is 1. The van der Waals surface area contributed by atoms with E-state index in [-0.39, 0.29) is 12.7 Å². The SMILES string of the molecule is CC.CCCCCCN.OCC1OCCCC1O. The molecule has 0 aliphatic carbocycles. The third-order valence-electron chi connectivity index (χ3n) is 2.64. The predicted octanol–water partition coefficient (Wildman–Crippen LogP) is 2.07. The first-order chi connectivity index (χ1) is 8.76. The van der Waals surface area contributed by atoms with E-state index in [1.165, 1.54) is 25.7 Å². The summed E-state index contributed by atoms with van der Waals surface area (Å²) in [5, 5.41) is 17.7. The third kappa shape index (κ3) is 12.3. The standard InChI is InChI=1S/C6H15N.C6H12O3.C2H6/c1-2-3-4-5-6-7;7-4-6-5(8)2-1-3-9-6;1-2/h2-7H2,1H3;5-8H,1-4H2;1-2H3. The maximum Gasteiger partial charge on any atom is 0.106 e. The summed E-state index contributed by atoms with van der Waals surface area (Å²) in [6.45, 7) is 7.67. The highest BCUT2D eigenvalue weighted by Gasteiger charge is 2.22. The number of nitrogens with two attached hydrogens (primary N) is 1. The highest BCUT2D eigenvalue weighted by Crippen LogP contribution is 2.12. The van der Waals surface area contributed by atoms with E-state index in [2.05, 4.69) is 6.92 Å². The third-order valence-corrected chi connectivity index (χ3v) is 2.64. The molecule has 0 amide bonds. The van der Waals surface area contributed by atoms with Gasteiger partial charge in [-0.3, -0.25) is 0 Å². The molecule has 1 heterocycles. The fourth-order valence-corrected chi connectivity index (χ4v) is 1.57. The van der Waals surface area contributed by atoms with Gasteiger partial charge in [-0.2, -0.15) is 0 Å². The number of aliphatic hydroxyl groups is 2. The molecule has 0 aromatic carbocycles. The molecule has 1 saturated heterocycles. The summed E-state index contributed by atoms with van der Waals surface area (Å²) in [4.78, 5) is 0. The van der Waals surface area contributed by atoms with E-state index in [4.69, 9.17) is 20.7 Å². The monoisotopic (exact) mass is 263 g/mol. The van der Waals surface area contributed by atoms with Crippen molar-refractivity contribution >= 4 is 0 Å². The van der Waals surface area contributed by atoms with Gasteiger partial charge in [-0.1, -0.05) is 40.0 Å². The first kappa shape index (κ1) is 20.2. The molecule has 0 aromatic rings. The molecule has 1 aliphatic heterocycles. The summed E-state index contributed by atoms with van der Waals surface area (Å²) in [5.41, 5.74) is 5.27. The van der Waals surface area contributed by atoms with Crippen LogP contribution >= 0.6 is 0 Å². The fourth-order valence-electron chi connectivity index (χ4n) is 1.57. The zero-order valence-electron chi connectivity index (χ0n) is 12.4. The van der Waals surface area contributed by atoms with Gasteiger partial charge in [0.25, 0.3) is 0 Å². The lowest BCUT2D eigenvalue weighted by Crippen LogP contribution is -2.36. The number of rotatable bonds is 5. The second-order valence-electron chi connectivity index (χ2n) is 4.15. The molecule has 4 nitrogen and oxygen atoms in total. The van der Waals surface area contributed by atoms with Gasteiger partial charge in [0.15, 0.2) is 0 Å². The Bertz CT molecular complexity index is 141. The molecule has 18 heavy (non-hydrogen) atoms. The minimum absolute atomic E-state index is 0.0683. The van der Waals surface area contributed by atoms with Crippen molar-refractivity contribution < 1.29 is 14.9 Å². The maximum atomic E-state index is 9.08. The largest absolute Gasteiger partial charge is 0.394 e. The Labute approximate surface area is 113 Å². The predicted molar refractivity (Wildman–Crippen MR) is 76.6 cm³/mol. The molecule has 112 valence electrons. The van der Waals surface area contributed by atoms with Gasteiger partial charge in [0.1, 0.15) is 6.10 Å². The number of hydrogen-bond donors (Lipinski definition) is 3. The summed E-state index contributed by atoms with van der Waals surface area (Å²) in [6, 6.07) is 0. The molecule has 2 atom stereocenters. The van der Waals surface area contributed by atoms with Gasteiger partial charge in [-0.25, -0.2) is 0 Å². The van der Waals surface area contributed by atoms with Crippen LogP contribution in [-0.2, 0) is 4.74 Å². The highest BCUT2D eigenvalue weighted by molar-refractivity contribution is 4.71. The Balaban J connectivity index is 0. The lowest BCUT2D eigenvalue weighted by atomic mass is 10.1. The van der Waals surface area contributed by atoms with Crippen molar-refractivity contribution in [2.75, 3.05) is 19.8 Å². The summed E-state index contributed by atoms with van der Waals surface area (Å²) in [5.74, 6) is 0. The first-order valence-corrected chi connectivity index (χ1v) is 7.36. The van der Waals surface area contributed by atoms with Crippen LogP contribution in [-0.4, -0.2) is 42.2 Å². The van der Waals surface area contributed by atoms with E-state index in [0.717, 1.165) is 19.4 Å². The zero-order valence-corrected chi connectivity index (χ0v) is 12.4. The smallest absolute Gasteiger partial charge is 0.106 e. The molecular formula is C14H33NO3. The first-order valence-electron chi connectivity index (χ1n) is 7.36. The van der Waals surface area contributed by atoms with Gasteiger partial charge in [-0.15, -0.1) is 0 Å². The maximum absolute atomic E-state index is 9.08. The minimum atomic E-state index is -0.455. The van der Waals surface area contributed by atoms with Crippen LogP contribution in [0.25, 0.3) is 0 Å². The van der Waals surface area contributed by atoms with Crippen molar-refractivity contribution in [1.82, 2.24) is 0 Å². The normalized spacial score (nSPS) is 22.3. The van der Waals surface area contributed by atoms with Crippen LogP contribution in [0.1, 0.15) is 59.3 Å². The molecule has 0 radical (unpaired) electrons. The van der Waals surface area contributed by atoms with E-state index in [0.29, 0.717) is 6.61 Å². The summed E-state index contributed by atoms with van der Waals surface area (Å²) in [7, 11) is 0. The lowest BCUT2D eigenvalue weighted by molar-refractivity contribution is -0.0942. The minimum Gasteiger partial charge on any atom is -0.394 e. The van der Waals surface area contributed by atoms with E-state index < -0.39 is 6.10 Å². The number of unbranched alkanes of at least 4 members (excludes halogenated alkanes) is 3. The van der Waals surface area contributed by atoms with Crippen molar-refractivity contribution in [3.8, 4) is 0 Å². The molecule has 1 aliphatic rings. The molecule has 4 heteroatoms. The Kier molecular flexibility index (Phi) is 18.9. The van der Waals surface area contributed by atoms with Gasteiger partial charge in [0.2, 0.25) is 0 Å². The quantitative estimate of drug-likeness (QED) is 0.664. The van der Waals surface area contributed by atoms with Crippen LogP contribution in [0.3, 0.4) is 0 Å². The molecule has 2 unspecified atom stereocenters. The average Bonchev–Trinajstić information content (AvgIpc) is 2.43. The Morgan fingerprint density at radius 1 is 1.22 bits per heavy atom. The average molecular weight is 263 g/mol. The van der Waals surface area contributed by atoms with E-state index >= 15 is 0 Å². The van der Waals surface area contributed by atoms with Gasteiger partial charge >= 0.3 is 0 Å². The summed E-state index contributed by atoms with van der Waals surface area (Å²) < 4.78 is 5.04. The second kappa shape index (κ2) is 16.8. The number of aliphatic hydroxyl groups excluding tert-OH is 2. The number of hydrogen-bond acceptors (Lipinski definition) is 4. The molecule has 0 aromatic heterocycles. The summed E-state index contributed by atoms with van der Waals surface area (Å²) in [6.07, 6.45) is 6.03. The molecule has 1 rings (SSSR count). The van der Waals surface area contributed by atoms with Crippen LogP contribution in [0.2, 0.25) is 0 Å². The second-order valence-corrected chi connectivity index (χ2v) is 4.15. The lowest BCUT2D eigenvalue weighted by Gasteiger charge is -2.25. The van der Waals surface area contributed by atoms with Crippen LogP contribution in [0.5, 0.6) is 0 Å². The van der Waals surface area contributed by atoms with Gasteiger partial charge in [-0.05, 0) is 25.8 Å². The Morgan fingerprint density at radius 2 is 1.89 bits per heavy atom. The van der Waals surface area contributed by atoms with Gasteiger partial charge in [0, 0.05) is 6.61 Å². The molecule has 0 spiro atoms. The van der Waals surface area contributed by atoms with Gasteiger partial charge in [0.05, 0.1) is 12.7 Å². The summed E-state index contributed by atoms with van der Waals surface area (Å²) >= 11 is 0. The van der Waals surface area contributed by atoms with Crippen molar-refractivity contribution in [3.63, 3.8) is 0 Å². The van der Waals surface area contributed by atoms with Crippen LogP contribution < -0.4 is 5.73 Å². The molecule has 0 saturated carbocycles. The fraction of sp³-hybridized carbons (Fsp3) is 1.00. The molecule has 4 N–H and O–H groups in total. The van der Waals surface area contributed by atoms with E-state index in [1.807, 2.05) is 13.8 Å². The van der Waals surface area contributed by atoms with E-state index in [9.17, 15) is 0 Å². The van der Waals surface area contributed by atoms with Crippen molar-refractivity contribution in [3.05, 3.63) is 0 Å². The molecule has 1 fully saturated rings. The van der Waals surface area contributed by atoms with Crippen molar-refractivity contribution in [2.45, 2.75) is 71.5 Å². The van der Waals surface area contributed by atoms with E-state index in [1.54, 1.807) is 0 Å². The van der Waals surface area contributed by atoms with Crippen LogP contribution in [0, 0.1) is 0 Å². The van der Waals surface area contributed by atoms with Crippen molar-refractivity contribution in [1.29, 1.82) is 0 Å². The van der Waals surface area contributed by atoms with Gasteiger partial charge < -0.3 is 20.7 Å². The zero-order chi connectivity index (χ0) is 14.2. The van der Waals surface area contributed by atoms with Crippen LogP contribution in [0.4, 0.5) is 0 Å². The molecular weight excluding hydrogens is 230 g/mol. The Morgan fingerprint density at radius 3 is 2.28 bits per heavy atom. The Hall–Kier alpha value is -0.160. The van der Waals surface area contributed by atoms with Crippen LogP contribution in [0.15, 0.2) is 0 Å². The van der Waals surface area contributed by atoms with Crippen molar-refractivity contribution in [2.24, 2.45) is 5.73 Å².